The van der Waals surface area contributed by atoms with Crippen molar-refractivity contribution in [3.05, 3.63) is 40.8 Å². The number of ether oxygens (including phenoxy) is 2. The molecule has 1 N–H and O–H groups in total. The van der Waals surface area contributed by atoms with Crippen LogP contribution in [-0.2, 0) is 21.1 Å². The molecule has 1 aliphatic rings. The van der Waals surface area contributed by atoms with Crippen molar-refractivity contribution in [2.45, 2.75) is 12.5 Å². The molecule has 138 valence electrons. The van der Waals surface area contributed by atoms with E-state index < -0.39 is 15.9 Å². The summed E-state index contributed by atoms with van der Waals surface area (Å²) in [4.78, 5) is 16.6. The maximum absolute atomic E-state index is 12.1. The lowest BCUT2D eigenvalue weighted by atomic mass is 10.2. The van der Waals surface area contributed by atoms with Crippen molar-refractivity contribution in [1.82, 2.24) is 10.3 Å². The van der Waals surface area contributed by atoms with E-state index in [1.54, 1.807) is 20.3 Å². The standard InChI is InChI=1S/C17H18N2O5S2/c1-23-14-4-3-11(7-15(14)24-2)17-19-13(9-25-17)8-16(20)18-12-5-6-26(21,22)10-12/h3-7,9,12H,8,10H2,1-2H3,(H,18,20)/t12-/m1/s1. The summed E-state index contributed by atoms with van der Waals surface area (Å²) >= 11 is 1.42. The van der Waals surface area contributed by atoms with Crippen LogP contribution in [0.25, 0.3) is 10.6 Å². The second-order valence-electron chi connectivity index (χ2n) is 5.72. The van der Waals surface area contributed by atoms with E-state index in [0.29, 0.717) is 17.2 Å². The Morgan fingerprint density at radius 3 is 2.73 bits per heavy atom. The van der Waals surface area contributed by atoms with Crippen LogP contribution in [0.5, 0.6) is 11.5 Å². The predicted octanol–water partition coefficient (Wildman–Crippen LogP) is 1.80. The molecule has 2 heterocycles. The summed E-state index contributed by atoms with van der Waals surface area (Å²) in [5.41, 5.74) is 1.49. The number of carbonyl (C=O) groups is 1. The largest absolute Gasteiger partial charge is 0.493 e. The lowest BCUT2D eigenvalue weighted by Crippen LogP contribution is -2.36. The Balaban J connectivity index is 1.66. The third-order valence-corrected chi connectivity index (χ3v) is 6.14. The van der Waals surface area contributed by atoms with Gasteiger partial charge >= 0.3 is 0 Å². The van der Waals surface area contributed by atoms with Gasteiger partial charge in [0.25, 0.3) is 0 Å². The van der Waals surface area contributed by atoms with Crippen LogP contribution in [0, 0.1) is 0 Å². The number of carbonyl (C=O) groups excluding carboxylic acids is 1. The van der Waals surface area contributed by atoms with Crippen molar-refractivity contribution in [2.24, 2.45) is 0 Å². The number of nitrogens with one attached hydrogen (secondary N) is 1. The first-order valence-corrected chi connectivity index (χ1v) is 10.4. The smallest absolute Gasteiger partial charge is 0.226 e. The fraction of sp³-hybridized carbons (Fsp3) is 0.294. The summed E-state index contributed by atoms with van der Waals surface area (Å²) in [6, 6.07) is 5.03. The highest BCUT2D eigenvalue weighted by atomic mass is 32.2. The average molecular weight is 394 g/mol. The summed E-state index contributed by atoms with van der Waals surface area (Å²) < 4.78 is 33.3. The number of benzene rings is 1. The lowest BCUT2D eigenvalue weighted by Gasteiger charge is -2.09. The lowest BCUT2D eigenvalue weighted by molar-refractivity contribution is -0.120. The molecule has 3 rings (SSSR count). The van der Waals surface area contributed by atoms with Crippen LogP contribution in [0.1, 0.15) is 5.69 Å². The highest BCUT2D eigenvalue weighted by molar-refractivity contribution is 7.94. The number of methoxy groups -OCH3 is 2. The molecular weight excluding hydrogens is 376 g/mol. The minimum atomic E-state index is -3.19. The molecule has 1 aromatic carbocycles. The molecule has 1 atom stereocenters. The van der Waals surface area contributed by atoms with Crippen LogP contribution in [-0.4, -0.2) is 45.3 Å². The number of hydrogen-bond donors (Lipinski definition) is 1. The van der Waals surface area contributed by atoms with E-state index in [2.05, 4.69) is 10.3 Å². The summed E-state index contributed by atoms with van der Waals surface area (Å²) in [6.07, 6.45) is 1.58. The summed E-state index contributed by atoms with van der Waals surface area (Å²) in [5.74, 6) is 0.883. The van der Waals surface area contributed by atoms with Gasteiger partial charge < -0.3 is 14.8 Å². The van der Waals surface area contributed by atoms with Gasteiger partial charge in [-0.1, -0.05) is 0 Å². The van der Waals surface area contributed by atoms with Crippen molar-refractivity contribution in [2.75, 3.05) is 20.0 Å². The Morgan fingerprint density at radius 1 is 1.31 bits per heavy atom. The van der Waals surface area contributed by atoms with Crippen molar-refractivity contribution in [1.29, 1.82) is 0 Å². The Morgan fingerprint density at radius 2 is 2.08 bits per heavy atom. The molecule has 0 radical (unpaired) electrons. The third-order valence-electron chi connectivity index (χ3n) is 3.80. The number of rotatable bonds is 6. The van der Waals surface area contributed by atoms with E-state index in [1.807, 2.05) is 17.5 Å². The molecule has 0 fully saturated rings. The number of sulfone groups is 1. The molecule has 1 amide bonds. The van der Waals surface area contributed by atoms with Gasteiger partial charge in [0.1, 0.15) is 5.01 Å². The first-order valence-electron chi connectivity index (χ1n) is 7.77. The van der Waals surface area contributed by atoms with E-state index in [4.69, 9.17) is 9.47 Å². The van der Waals surface area contributed by atoms with Crippen LogP contribution in [0.2, 0.25) is 0 Å². The van der Waals surface area contributed by atoms with Gasteiger partial charge in [0.2, 0.25) is 5.91 Å². The SMILES string of the molecule is COc1ccc(-c2nc(CC(=O)N[C@@H]3C=CS(=O)(=O)C3)cs2)cc1OC. The van der Waals surface area contributed by atoms with Gasteiger partial charge in [-0.25, -0.2) is 13.4 Å². The summed E-state index contributed by atoms with van der Waals surface area (Å²) in [7, 11) is -0.0510. The molecule has 9 heteroatoms. The number of thiazole rings is 1. The van der Waals surface area contributed by atoms with Gasteiger partial charge in [-0.15, -0.1) is 11.3 Å². The van der Waals surface area contributed by atoms with Gasteiger partial charge in [0, 0.05) is 16.4 Å². The van der Waals surface area contributed by atoms with E-state index >= 15 is 0 Å². The van der Waals surface area contributed by atoms with Crippen molar-refractivity contribution in [3.63, 3.8) is 0 Å². The van der Waals surface area contributed by atoms with E-state index in [1.165, 1.54) is 17.4 Å². The van der Waals surface area contributed by atoms with Crippen molar-refractivity contribution < 1.29 is 22.7 Å². The average Bonchev–Trinajstić information content (AvgIpc) is 3.20. The number of nitrogens with zero attached hydrogens (tertiary/aromatic N) is 1. The second-order valence-corrected chi connectivity index (χ2v) is 8.51. The molecule has 1 aromatic heterocycles. The summed E-state index contributed by atoms with van der Waals surface area (Å²) in [5, 5.41) is 6.40. The molecule has 26 heavy (non-hydrogen) atoms. The highest BCUT2D eigenvalue weighted by Gasteiger charge is 2.23. The monoisotopic (exact) mass is 394 g/mol. The van der Waals surface area contributed by atoms with Crippen molar-refractivity contribution >= 4 is 27.1 Å². The number of hydrogen-bond acceptors (Lipinski definition) is 7. The fourth-order valence-electron chi connectivity index (χ4n) is 2.58. The molecule has 0 unspecified atom stereocenters. The first kappa shape index (κ1) is 18.4. The number of aromatic nitrogens is 1. The van der Waals surface area contributed by atoms with E-state index in [9.17, 15) is 13.2 Å². The van der Waals surface area contributed by atoms with Crippen LogP contribution in [0.15, 0.2) is 35.1 Å². The van der Waals surface area contributed by atoms with Crippen LogP contribution in [0.4, 0.5) is 0 Å². The van der Waals surface area contributed by atoms with Gasteiger partial charge in [0.15, 0.2) is 21.3 Å². The Labute approximate surface area is 155 Å². The van der Waals surface area contributed by atoms with Gasteiger partial charge in [0.05, 0.1) is 38.1 Å². The van der Waals surface area contributed by atoms with Crippen LogP contribution < -0.4 is 14.8 Å². The first-order chi connectivity index (χ1) is 12.4. The Kier molecular flexibility index (Phi) is 5.28. The molecule has 7 nitrogen and oxygen atoms in total. The molecule has 0 saturated carbocycles. The van der Waals surface area contributed by atoms with Crippen LogP contribution >= 0.6 is 11.3 Å². The molecule has 2 aromatic rings. The molecule has 0 spiro atoms. The normalized spacial score (nSPS) is 17.8. The minimum absolute atomic E-state index is 0.0906. The second kappa shape index (κ2) is 7.46. The quantitative estimate of drug-likeness (QED) is 0.803. The van der Waals surface area contributed by atoms with Gasteiger partial charge in [-0.05, 0) is 24.3 Å². The fourth-order valence-corrected chi connectivity index (χ4v) is 4.63. The molecule has 0 bridgehead atoms. The van der Waals surface area contributed by atoms with Gasteiger partial charge in [-0.3, -0.25) is 4.79 Å². The highest BCUT2D eigenvalue weighted by Crippen LogP contribution is 2.33. The maximum atomic E-state index is 12.1. The molecular formula is C17H18N2O5S2. The Bertz CT molecular complexity index is 950. The van der Waals surface area contributed by atoms with E-state index in [0.717, 1.165) is 16.0 Å². The zero-order chi connectivity index (χ0) is 18.7. The minimum Gasteiger partial charge on any atom is -0.493 e. The topological polar surface area (TPSA) is 94.6 Å². The molecule has 0 aliphatic carbocycles. The molecule has 1 aliphatic heterocycles. The van der Waals surface area contributed by atoms with E-state index in [-0.39, 0.29) is 18.1 Å². The number of amides is 1. The molecule has 0 saturated heterocycles. The van der Waals surface area contributed by atoms with Crippen molar-refractivity contribution in [3.8, 4) is 22.1 Å². The summed E-state index contributed by atoms with van der Waals surface area (Å²) in [6.45, 7) is 0. The van der Waals surface area contributed by atoms with Crippen LogP contribution in [0.3, 0.4) is 0 Å². The maximum Gasteiger partial charge on any atom is 0.226 e. The zero-order valence-corrected chi connectivity index (χ0v) is 15.9. The van der Waals surface area contributed by atoms with Gasteiger partial charge in [-0.2, -0.15) is 0 Å². The zero-order valence-electron chi connectivity index (χ0n) is 14.3. The third kappa shape index (κ3) is 4.23. The Hall–Kier alpha value is -2.39. The predicted molar refractivity (Wildman–Crippen MR) is 99.2 cm³/mol.